The van der Waals surface area contributed by atoms with E-state index in [2.05, 4.69) is 11.9 Å². The lowest BCUT2D eigenvalue weighted by atomic mass is 10.0. The molecule has 0 spiro atoms. The molecule has 0 radical (unpaired) electrons. The highest BCUT2D eigenvalue weighted by Crippen LogP contribution is 2.18. The molecule has 1 heterocycles. The fraction of sp³-hybridized carbons (Fsp3) is 0.455. The summed E-state index contributed by atoms with van der Waals surface area (Å²) >= 11 is 0. The van der Waals surface area contributed by atoms with Crippen LogP contribution in [0.1, 0.15) is 11.1 Å². The molecule has 0 atom stereocenters. The van der Waals surface area contributed by atoms with E-state index >= 15 is 0 Å². The summed E-state index contributed by atoms with van der Waals surface area (Å²) in [5.41, 5.74) is 2.11. The predicted octanol–water partition coefficient (Wildman–Crippen LogP) is 1.86. The Morgan fingerprint density at radius 3 is 2.85 bits per heavy atom. The Balaban J connectivity index is 2.35. The summed E-state index contributed by atoms with van der Waals surface area (Å²) in [6.45, 7) is 2.00. The Morgan fingerprint density at radius 2 is 2.00 bits per heavy atom. The Morgan fingerprint density at radius 1 is 1.23 bits per heavy atom. The highest BCUT2D eigenvalue weighted by Gasteiger charge is 2.13. The molecular weight excluding hydrogens is 165 g/mol. The molecule has 1 aromatic rings. The average Bonchev–Trinajstić information content (AvgIpc) is 2.30. The van der Waals surface area contributed by atoms with Crippen molar-refractivity contribution in [3.8, 4) is 0 Å². The van der Waals surface area contributed by atoms with E-state index in [1.165, 1.54) is 5.56 Å². The fourth-order valence-electron chi connectivity index (χ4n) is 1.84. The zero-order chi connectivity index (χ0) is 9.26. The van der Waals surface area contributed by atoms with Crippen LogP contribution < -0.4 is 0 Å². The molecule has 0 bridgehead atoms. The van der Waals surface area contributed by atoms with Gasteiger partial charge in [-0.15, -0.1) is 0 Å². The maximum Gasteiger partial charge on any atom is 0.126 e. The van der Waals surface area contributed by atoms with E-state index in [4.69, 9.17) is 0 Å². The molecular formula is C11H14FN. The Hall–Kier alpha value is -0.890. The van der Waals surface area contributed by atoms with Gasteiger partial charge in [-0.25, -0.2) is 4.39 Å². The number of halogens is 1. The molecule has 1 aliphatic heterocycles. The molecule has 0 aromatic heterocycles. The third-order valence-electron chi connectivity index (χ3n) is 2.72. The van der Waals surface area contributed by atoms with Crippen LogP contribution in [0.5, 0.6) is 0 Å². The maximum absolute atomic E-state index is 13.4. The van der Waals surface area contributed by atoms with E-state index in [-0.39, 0.29) is 5.82 Å². The molecule has 0 N–H and O–H groups in total. The lowest BCUT2D eigenvalue weighted by Gasteiger charge is -2.10. The quantitative estimate of drug-likeness (QED) is 0.587. The largest absolute Gasteiger partial charge is 0.306 e. The van der Waals surface area contributed by atoms with Crippen molar-refractivity contribution in [3.05, 3.63) is 35.1 Å². The first-order chi connectivity index (χ1) is 6.27. The molecule has 0 aliphatic carbocycles. The van der Waals surface area contributed by atoms with Crippen molar-refractivity contribution in [2.75, 3.05) is 20.1 Å². The highest BCUT2D eigenvalue weighted by atomic mass is 19.1. The smallest absolute Gasteiger partial charge is 0.126 e. The molecule has 0 fully saturated rings. The summed E-state index contributed by atoms with van der Waals surface area (Å²) in [6, 6.07) is 5.40. The van der Waals surface area contributed by atoms with Crippen LogP contribution in [0, 0.1) is 5.82 Å². The standard InChI is InChI=1S/C11H14FN/c1-13-7-5-9-3-2-4-11(12)10(9)6-8-13/h2-4H,5-8H2,1H3. The second-order valence-corrected chi connectivity index (χ2v) is 3.68. The fourth-order valence-corrected chi connectivity index (χ4v) is 1.84. The predicted molar refractivity (Wildman–Crippen MR) is 51.3 cm³/mol. The second kappa shape index (κ2) is 3.46. The number of fused-ring (bicyclic) bond motifs is 1. The van der Waals surface area contributed by atoms with Crippen LogP contribution in [-0.2, 0) is 12.8 Å². The van der Waals surface area contributed by atoms with Gasteiger partial charge in [-0.05, 0) is 37.1 Å². The number of hydrogen-bond acceptors (Lipinski definition) is 1. The molecule has 70 valence electrons. The zero-order valence-electron chi connectivity index (χ0n) is 7.89. The monoisotopic (exact) mass is 179 g/mol. The zero-order valence-corrected chi connectivity index (χ0v) is 7.89. The Labute approximate surface area is 78.2 Å². The minimum atomic E-state index is -0.0344. The minimum Gasteiger partial charge on any atom is -0.306 e. The van der Waals surface area contributed by atoms with Crippen molar-refractivity contribution in [2.24, 2.45) is 0 Å². The first kappa shape index (κ1) is 8.70. The van der Waals surface area contributed by atoms with Crippen molar-refractivity contribution in [1.82, 2.24) is 4.90 Å². The summed E-state index contributed by atoms with van der Waals surface area (Å²) in [4.78, 5) is 2.25. The molecule has 2 rings (SSSR count). The van der Waals surface area contributed by atoms with Gasteiger partial charge in [0.1, 0.15) is 5.82 Å². The van der Waals surface area contributed by atoms with E-state index in [0.717, 1.165) is 31.5 Å². The van der Waals surface area contributed by atoms with Gasteiger partial charge in [-0.1, -0.05) is 12.1 Å². The SMILES string of the molecule is CN1CCc2cccc(F)c2CC1. The molecule has 0 amide bonds. The van der Waals surface area contributed by atoms with Crippen molar-refractivity contribution in [2.45, 2.75) is 12.8 Å². The molecule has 13 heavy (non-hydrogen) atoms. The maximum atomic E-state index is 13.4. The van der Waals surface area contributed by atoms with Gasteiger partial charge in [-0.3, -0.25) is 0 Å². The third-order valence-corrected chi connectivity index (χ3v) is 2.72. The number of rotatable bonds is 0. The Kier molecular flexibility index (Phi) is 2.32. The third kappa shape index (κ3) is 1.73. The number of nitrogens with zero attached hydrogens (tertiary/aromatic N) is 1. The number of hydrogen-bond donors (Lipinski definition) is 0. The summed E-state index contributed by atoms with van der Waals surface area (Å²) in [6.07, 6.45) is 1.82. The van der Waals surface area contributed by atoms with Gasteiger partial charge < -0.3 is 4.90 Å². The van der Waals surface area contributed by atoms with E-state index in [9.17, 15) is 4.39 Å². The molecule has 1 aromatic carbocycles. The number of benzene rings is 1. The molecule has 0 saturated carbocycles. The first-order valence-electron chi connectivity index (χ1n) is 4.72. The van der Waals surface area contributed by atoms with Crippen LogP contribution in [0.4, 0.5) is 4.39 Å². The van der Waals surface area contributed by atoms with E-state index in [1.807, 2.05) is 6.07 Å². The highest BCUT2D eigenvalue weighted by molar-refractivity contribution is 5.30. The van der Waals surface area contributed by atoms with E-state index < -0.39 is 0 Å². The van der Waals surface area contributed by atoms with Crippen LogP contribution in [0.15, 0.2) is 18.2 Å². The number of likely N-dealkylation sites (N-methyl/N-ethyl adjacent to an activating group) is 1. The molecule has 0 unspecified atom stereocenters. The summed E-state index contributed by atoms with van der Waals surface area (Å²) < 4.78 is 13.4. The summed E-state index contributed by atoms with van der Waals surface area (Å²) in [5, 5.41) is 0. The Bertz CT molecular complexity index is 309. The lowest BCUT2D eigenvalue weighted by Crippen LogP contribution is -2.20. The van der Waals surface area contributed by atoms with Gasteiger partial charge >= 0.3 is 0 Å². The minimum absolute atomic E-state index is 0.0344. The lowest BCUT2D eigenvalue weighted by molar-refractivity contribution is 0.351. The van der Waals surface area contributed by atoms with E-state index in [0.29, 0.717) is 0 Å². The van der Waals surface area contributed by atoms with E-state index in [1.54, 1.807) is 12.1 Å². The van der Waals surface area contributed by atoms with Gasteiger partial charge in [0.15, 0.2) is 0 Å². The van der Waals surface area contributed by atoms with Gasteiger partial charge in [0.2, 0.25) is 0 Å². The van der Waals surface area contributed by atoms with Gasteiger partial charge in [0, 0.05) is 13.1 Å². The second-order valence-electron chi connectivity index (χ2n) is 3.68. The van der Waals surface area contributed by atoms with Gasteiger partial charge in [-0.2, -0.15) is 0 Å². The molecule has 1 aliphatic rings. The first-order valence-corrected chi connectivity index (χ1v) is 4.72. The van der Waals surface area contributed by atoms with Gasteiger partial charge in [0.25, 0.3) is 0 Å². The van der Waals surface area contributed by atoms with Crippen LogP contribution in [-0.4, -0.2) is 25.0 Å². The molecule has 1 nitrogen and oxygen atoms in total. The average molecular weight is 179 g/mol. The van der Waals surface area contributed by atoms with Crippen LogP contribution >= 0.6 is 0 Å². The summed E-state index contributed by atoms with van der Waals surface area (Å²) in [5.74, 6) is -0.0344. The molecule has 0 saturated heterocycles. The topological polar surface area (TPSA) is 3.24 Å². The van der Waals surface area contributed by atoms with Crippen LogP contribution in [0.2, 0.25) is 0 Å². The van der Waals surface area contributed by atoms with Crippen molar-refractivity contribution in [3.63, 3.8) is 0 Å². The van der Waals surface area contributed by atoms with Crippen molar-refractivity contribution >= 4 is 0 Å². The summed E-state index contributed by atoms with van der Waals surface area (Å²) in [7, 11) is 2.09. The molecule has 2 heteroatoms. The van der Waals surface area contributed by atoms with Gasteiger partial charge in [0.05, 0.1) is 0 Å². The van der Waals surface area contributed by atoms with Crippen molar-refractivity contribution in [1.29, 1.82) is 0 Å². The van der Waals surface area contributed by atoms with Crippen LogP contribution in [0.3, 0.4) is 0 Å². The normalized spacial score (nSPS) is 18.0. The van der Waals surface area contributed by atoms with Crippen LogP contribution in [0.25, 0.3) is 0 Å². The van der Waals surface area contributed by atoms with Crippen molar-refractivity contribution < 1.29 is 4.39 Å².